The third kappa shape index (κ3) is 8.17. The highest BCUT2D eigenvalue weighted by Gasteiger charge is 2.20. The van der Waals surface area contributed by atoms with Gasteiger partial charge in [-0.3, -0.25) is 9.59 Å². The Balaban J connectivity index is 2.29. The highest BCUT2D eigenvalue weighted by Crippen LogP contribution is 2.07. The number of hydrogen-bond acceptors (Lipinski definition) is 5. The number of ether oxygens (including phenoxy) is 2. The first kappa shape index (κ1) is 19.5. The molecule has 0 aliphatic rings. The summed E-state index contributed by atoms with van der Waals surface area (Å²) in [5.41, 5.74) is 0.238. The van der Waals surface area contributed by atoms with E-state index in [-0.39, 0.29) is 19.7 Å². The molecule has 1 rings (SSSR count). The average molecular weight is 336 g/mol. The molecular weight excluding hydrogens is 312 g/mol. The molecule has 0 radical (unpaired) electrons. The van der Waals surface area contributed by atoms with Gasteiger partial charge in [-0.15, -0.1) is 0 Å². The molecule has 1 aromatic rings. The van der Waals surface area contributed by atoms with E-state index in [0.717, 1.165) is 5.56 Å². The van der Waals surface area contributed by atoms with Gasteiger partial charge in [0, 0.05) is 7.05 Å². The summed E-state index contributed by atoms with van der Waals surface area (Å²) in [5.74, 6) is -0.928. The predicted molar refractivity (Wildman–Crippen MR) is 88.1 cm³/mol. The third-order valence-electron chi connectivity index (χ3n) is 2.81. The third-order valence-corrected chi connectivity index (χ3v) is 2.81. The topological polar surface area (TPSA) is 84.9 Å². The molecule has 0 aliphatic carbocycles. The molecule has 0 saturated carbocycles. The van der Waals surface area contributed by atoms with Crippen LogP contribution < -0.4 is 5.32 Å². The number of carbonyl (C=O) groups excluding carboxylic acids is 3. The van der Waals surface area contributed by atoms with Gasteiger partial charge in [0.2, 0.25) is 5.91 Å². The minimum atomic E-state index is -0.696. The lowest BCUT2D eigenvalue weighted by Gasteiger charge is -2.22. The quantitative estimate of drug-likeness (QED) is 0.800. The summed E-state index contributed by atoms with van der Waals surface area (Å²) in [6, 6.07) is 9.19. The molecule has 0 heterocycles. The van der Waals surface area contributed by atoms with Crippen molar-refractivity contribution in [2.75, 3.05) is 20.1 Å². The maximum absolute atomic E-state index is 11.9. The summed E-state index contributed by atoms with van der Waals surface area (Å²) in [6.07, 6.45) is -0.696. The summed E-state index contributed by atoms with van der Waals surface area (Å²) in [5, 5.41) is 2.35. The van der Waals surface area contributed by atoms with Gasteiger partial charge in [0.05, 0.1) is 0 Å². The standard InChI is InChI=1S/C17H24N2O5/c1-17(2,3)24-15(21)11-19(4)14(20)10-18-16(22)23-12-13-8-6-5-7-9-13/h5-9H,10-12H2,1-4H3,(H,18,22). The summed E-state index contributed by atoms with van der Waals surface area (Å²) in [6.45, 7) is 4.92. The molecule has 1 aromatic carbocycles. The van der Waals surface area contributed by atoms with Crippen molar-refractivity contribution in [3.05, 3.63) is 35.9 Å². The molecule has 24 heavy (non-hydrogen) atoms. The first-order chi connectivity index (χ1) is 11.2. The van der Waals surface area contributed by atoms with E-state index >= 15 is 0 Å². The van der Waals surface area contributed by atoms with Gasteiger partial charge in [-0.05, 0) is 26.3 Å². The van der Waals surface area contributed by atoms with Crippen LogP contribution in [-0.4, -0.2) is 48.6 Å². The minimum absolute atomic E-state index is 0.120. The zero-order chi connectivity index (χ0) is 18.2. The van der Waals surface area contributed by atoms with Crippen LogP contribution in [0.3, 0.4) is 0 Å². The number of hydrogen-bond donors (Lipinski definition) is 1. The fraction of sp³-hybridized carbons (Fsp3) is 0.471. The fourth-order valence-electron chi connectivity index (χ4n) is 1.71. The van der Waals surface area contributed by atoms with Crippen molar-refractivity contribution in [2.24, 2.45) is 0 Å². The van der Waals surface area contributed by atoms with Crippen LogP contribution in [0.2, 0.25) is 0 Å². The summed E-state index contributed by atoms with van der Waals surface area (Å²) in [4.78, 5) is 36.3. The van der Waals surface area contributed by atoms with Crippen molar-refractivity contribution < 1.29 is 23.9 Å². The van der Waals surface area contributed by atoms with Gasteiger partial charge in [0.1, 0.15) is 25.3 Å². The molecule has 2 amide bonds. The second-order valence-electron chi connectivity index (χ2n) is 6.25. The molecule has 7 nitrogen and oxygen atoms in total. The van der Waals surface area contributed by atoms with Crippen LogP contribution in [0.5, 0.6) is 0 Å². The zero-order valence-electron chi connectivity index (χ0n) is 14.5. The first-order valence-electron chi connectivity index (χ1n) is 7.58. The summed E-state index contributed by atoms with van der Waals surface area (Å²) < 4.78 is 10.1. The Morgan fingerprint density at radius 3 is 2.33 bits per heavy atom. The molecule has 0 aliphatic heterocycles. The second kappa shape index (κ2) is 8.90. The number of esters is 1. The predicted octanol–water partition coefficient (Wildman–Crippen LogP) is 1.71. The number of nitrogens with one attached hydrogen (secondary N) is 1. The van der Waals surface area contributed by atoms with Gasteiger partial charge in [-0.25, -0.2) is 4.79 Å². The zero-order valence-corrected chi connectivity index (χ0v) is 14.5. The van der Waals surface area contributed by atoms with Gasteiger partial charge in [0.25, 0.3) is 0 Å². The van der Waals surface area contributed by atoms with Gasteiger partial charge in [0.15, 0.2) is 0 Å². The molecule has 0 unspecified atom stereocenters. The smallest absolute Gasteiger partial charge is 0.407 e. The fourth-order valence-corrected chi connectivity index (χ4v) is 1.71. The Kier molecular flexibility index (Phi) is 7.23. The van der Waals surface area contributed by atoms with Crippen molar-refractivity contribution in [1.29, 1.82) is 0 Å². The largest absolute Gasteiger partial charge is 0.459 e. The maximum Gasteiger partial charge on any atom is 0.407 e. The van der Waals surface area contributed by atoms with E-state index < -0.39 is 23.6 Å². The van der Waals surface area contributed by atoms with E-state index in [1.165, 1.54) is 11.9 Å². The van der Waals surface area contributed by atoms with Crippen molar-refractivity contribution in [3.63, 3.8) is 0 Å². The van der Waals surface area contributed by atoms with Crippen molar-refractivity contribution in [2.45, 2.75) is 33.0 Å². The number of amides is 2. The Morgan fingerprint density at radius 2 is 1.75 bits per heavy atom. The van der Waals surface area contributed by atoms with Crippen molar-refractivity contribution in [3.8, 4) is 0 Å². The minimum Gasteiger partial charge on any atom is -0.459 e. The number of likely N-dealkylation sites (N-methyl/N-ethyl adjacent to an activating group) is 1. The van der Waals surface area contributed by atoms with Crippen LogP contribution in [0.15, 0.2) is 30.3 Å². The SMILES string of the molecule is CN(CC(=O)OC(C)(C)C)C(=O)CNC(=O)OCc1ccccc1. The molecule has 7 heteroatoms. The van der Waals surface area contributed by atoms with Gasteiger partial charge < -0.3 is 19.7 Å². The summed E-state index contributed by atoms with van der Waals surface area (Å²) in [7, 11) is 1.46. The lowest BCUT2D eigenvalue weighted by atomic mass is 10.2. The maximum atomic E-state index is 11.9. The highest BCUT2D eigenvalue weighted by atomic mass is 16.6. The van der Waals surface area contributed by atoms with Crippen LogP contribution in [0, 0.1) is 0 Å². The second-order valence-corrected chi connectivity index (χ2v) is 6.25. The molecule has 0 fully saturated rings. The van der Waals surface area contributed by atoms with Gasteiger partial charge in [-0.2, -0.15) is 0 Å². The molecule has 0 atom stereocenters. The molecule has 132 valence electrons. The molecular formula is C17H24N2O5. The number of rotatable bonds is 6. The Hall–Kier alpha value is -2.57. The molecule has 0 saturated heterocycles. The Morgan fingerprint density at radius 1 is 1.12 bits per heavy atom. The van der Waals surface area contributed by atoms with Crippen LogP contribution in [0.4, 0.5) is 4.79 Å². The normalized spacial score (nSPS) is 10.7. The Labute approximate surface area is 141 Å². The number of alkyl carbamates (subject to hydrolysis) is 1. The van der Waals surface area contributed by atoms with Crippen LogP contribution in [0.25, 0.3) is 0 Å². The van der Waals surface area contributed by atoms with E-state index in [1.807, 2.05) is 30.3 Å². The van der Waals surface area contributed by atoms with Crippen LogP contribution in [-0.2, 0) is 25.7 Å². The Bertz CT molecular complexity index is 566. The van der Waals surface area contributed by atoms with E-state index in [2.05, 4.69) is 5.32 Å². The first-order valence-corrected chi connectivity index (χ1v) is 7.58. The van der Waals surface area contributed by atoms with E-state index in [0.29, 0.717) is 0 Å². The van der Waals surface area contributed by atoms with Crippen molar-refractivity contribution in [1.82, 2.24) is 10.2 Å². The molecule has 0 aromatic heterocycles. The van der Waals surface area contributed by atoms with E-state index in [9.17, 15) is 14.4 Å². The highest BCUT2D eigenvalue weighted by molar-refractivity contribution is 5.85. The van der Waals surface area contributed by atoms with Crippen molar-refractivity contribution >= 4 is 18.0 Å². The molecule has 1 N–H and O–H groups in total. The lowest BCUT2D eigenvalue weighted by molar-refractivity contribution is -0.158. The van der Waals surface area contributed by atoms with Gasteiger partial charge in [-0.1, -0.05) is 30.3 Å². The monoisotopic (exact) mass is 336 g/mol. The van der Waals surface area contributed by atoms with E-state index in [4.69, 9.17) is 9.47 Å². The number of benzene rings is 1. The lowest BCUT2D eigenvalue weighted by Crippen LogP contribution is -2.41. The summed E-state index contributed by atoms with van der Waals surface area (Å²) >= 11 is 0. The van der Waals surface area contributed by atoms with Gasteiger partial charge >= 0.3 is 12.1 Å². The van der Waals surface area contributed by atoms with E-state index in [1.54, 1.807) is 20.8 Å². The molecule has 0 spiro atoms. The average Bonchev–Trinajstić information content (AvgIpc) is 2.49. The number of nitrogens with zero attached hydrogens (tertiary/aromatic N) is 1. The number of carbonyl (C=O) groups is 3. The van der Waals surface area contributed by atoms with Crippen LogP contribution >= 0.6 is 0 Å². The van der Waals surface area contributed by atoms with Crippen LogP contribution in [0.1, 0.15) is 26.3 Å². The molecule has 0 bridgehead atoms.